The number of hydrogen-bond acceptors (Lipinski definition) is 5. The molecule has 0 radical (unpaired) electrons. The Morgan fingerprint density at radius 3 is 2.48 bits per heavy atom. The molecule has 1 aromatic carbocycles. The molecule has 3 aliphatic heterocycles. The summed E-state index contributed by atoms with van der Waals surface area (Å²) < 4.78 is 0. The molecule has 2 atom stereocenters. The molecular weight excluding hydrogens is 366 g/mol. The Bertz CT molecular complexity index is 951. The van der Waals surface area contributed by atoms with Gasteiger partial charge in [-0.05, 0) is 51.3 Å². The topological polar surface area (TPSA) is 59.5 Å². The van der Waals surface area contributed by atoms with Crippen LogP contribution >= 0.6 is 0 Å². The van der Waals surface area contributed by atoms with Gasteiger partial charge in [0.2, 0.25) is 5.96 Å². The van der Waals surface area contributed by atoms with E-state index in [4.69, 9.17) is 4.99 Å². The first-order valence-corrected chi connectivity index (χ1v) is 10.3. The molecule has 1 aromatic rings. The number of guanidine groups is 1. The summed E-state index contributed by atoms with van der Waals surface area (Å²) in [6.45, 7) is 10.7. The van der Waals surface area contributed by atoms with Crippen LogP contribution in [0.5, 0.6) is 0 Å². The first kappa shape index (κ1) is 19.5. The summed E-state index contributed by atoms with van der Waals surface area (Å²) in [5, 5.41) is 0. The van der Waals surface area contributed by atoms with Gasteiger partial charge in [-0.15, -0.1) is 0 Å². The number of likely N-dealkylation sites (N-methyl/N-ethyl adjacent to an activating group) is 1. The molecule has 7 nitrogen and oxygen atoms in total. The molecule has 0 N–H and O–H groups in total. The molecule has 1 fully saturated rings. The molecule has 29 heavy (non-hydrogen) atoms. The van der Waals surface area contributed by atoms with Crippen LogP contribution in [-0.4, -0.2) is 58.4 Å². The molecule has 154 valence electrons. The Balaban J connectivity index is 1.77. The summed E-state index contributed by atoms with van der Waals surface area (Å²) in [7, 11) is 1.74. The first-order valence-electron chi connectivity index (χ1n) is 10.3. The van der Waals surface area contributed by atoms with E-state index in [1.165, 1.54) is 10.5 Å². The minimum Gasteiger partial charge on any atom is -0.302 e. The highest BCUT2D eigenvalue weighted by atomic mass is 16.2. The second kappa shape index (κ2) is 6.90. The number of imide groups is 1. The number of carbonyl (C=O) groups excluding carboxylic acids is 2. The van der Waals surface area contributed by atoms with E-state index in [0.717, 1.165) is 41.4 Å². The molecule has 1 saturated heterocycles. The van der Waals surface area contributed by atoms with Crippen molar-refractivity contribution in [3.05, 3.63) is 40.7 Å². The van der Waals surface area contributed by atoms with Crippen molar-refractivity contribution in [2.24, 2.45) is 4.99 Å². The summed E-state index contributed by atoms with van der Waals surface area (Å²) in [6, 6.07) is 5.58. The van der Waals surface area contributed by atoms with Gasteiger partial charge in [-0.25, -0.2) is 9.79 Å². The van der Waals surface area contributed by atoms with E-state index in [9.17, 15) is 9.59 Å². The molecule has 7 heteroatoms. The number of unbranched alkanes of at least 4 members (excludes halogenated alkanes) is 1. The number of fused-ring (bicyclic) bond motifs is 3. The number of anilines is 1. The van der Waals surface area contributed by atoms with Gasteiger partial charge in [-0.1, -0.05) is 25.5 Å². The predicted octanol–water partition coefficient (Wildman–Crippen LogP) is 3.44. The summed E-state index contributed by atoms with van der Waals surface area (Å²) in [5.74, 6) is 0.578. The highest BCUT2D eigenvalue weighted by Crippen LogP contribution is 2.41. The number of urea groups is 1. The van der Waals surface area contributed by atoms with Gasteiger partial charge < -0.3 is 4.90 Å². The van der Waals surface area contributed by atoms with Crippen molar-refractivity contribution in [3.63, 3.8) is 0 Å². The van der Waals surface area contributed by atoms with Gasteiger partial charge in [0.05, 0.1) is 5.69 Å². The third-order valence-electron chi connectivity index (χ3n) is 6.23. The number of carbonyl (C=O) groups is 2. The number of amides is 3. The molecule has 0 saturated carbocycles. The maximum absolute atomic E-state index is 13.4. The summed E-state index contributed by atoms with van der Waals surface area (Å²) in [4.78, 5) is 38.2. The molecule has 3 amide bonds. The van der Waals surface area contributed by atoms with Crippen LogP contribution in [0.3, 0.4) is 0 Å². The lowest BCUT2D eigenvalue weighted by Crippen LogP contribution is -2.64. The maximum Gasteiger partial charge on any atom is 0.328 e. The van der Waals surface area contributed by atoms with Gasteiger partial charge >= 0.3 is 6.03 Å². The number of nitrogens with zero attached hydrogens (tertiary/aromatic N) is 5. The standard InChI is InChI=1S/C22H29N5O2/c1-7-8-11-25-20(28)18-19(24(6)22(25)29)23-21-26(15(4)16(5)27(18)21)17-12-13(2)9-10-14(17)3/h9-10,12,18-19H,7-8,11H2,1-6H3. The average molecular weight is 396 g/mol. The van der Waals surface area contributed by atoms with Gasteiger partial charge in [-0.3, -0.25) is 19.5 Å². The molecule has 0 aromatic heterocycles. The fourth-order valence-electron chi connectivity index (χ4n) is 4.38. The number of allylic oxidation sites excluding steroid dienone is 2. The molecular formula is C22H29N5O2. The SMILES string of the molecule is CCCCN1C(=O)C2C(N=C3N(c4cc(C)ccc4C)C(C)=C(C)N32)N(C)C1=O. The summed E-state index contributed by atoms with van der Waals surface area (Å²) >= 11 is 0. The van der Waals surface area contributed by atoms with Crippen molar-refractivity contribution in [2.75, 3.05) is 18.5 Å². The quantitative estimate of drug-likeness (QED) is 0.784. The predicted molar refractivity (Wildman–Crippen MR) is 113 cm³/mol. The van der Waals surface area contributed by atoms with Crippen LogP contribution in [0.15, 0.2) is 34.6 Å². The van der Waals surface area contributed by atoms with Crippen molar-refractivity contribution in [3.8, 4) is 0 Å². The zero-order valence-corrected chi connectivity index (χ0v) is 18.1. The lowest BCUT2D eigenvalue weighted by atomic mass is 10.1. The number of benzene rings is 1. The maximum atomic E-state index is 13.4. The number of aliphatic imine (C=N–C) groups is 1. The second-order valence-electron chi connectivity index (χ2n) is 8.19. The van der Waals surface area contributed by atoms with Crippen LogP contribution in [0, 0.1) is 13.8 Å². The molecule has 3 heterocycles. The third kappa shape index (κ3) is 2.74. The second-order valence-corrected chi connectivity index (χ2v) is 8.19. The monoisotopic (exact) mass is 395 g/mol. The van der Waals surface area contributed by atoms with Crippen LogP contribution in [-0.2, 0) is 4.79 Å². The van der Waals surface area contributed by atoms with Crippen molar-refractivity contribution < 1.29 is 9.59 Å². The molecule has 3 aliphatic rings. The Kier molecular flexibility index (Phi) is 4.63. The molecule has 0 spiro atoms. The van der Waals surface area contributed by atoms with E-state index in [1.54, 1.807) is 11.9 Å². The van der Waals surface area contributed by atoms with Crippen LogP contribution in [0.1, 0.15) is 44.7 Å². The molecule has 2 unspecified atom stereocenters. The van der Waals surface area contributed by atoms with Crippen molar-refractivity contribution >= 4 is 23.6 Å². The van der Waals surface area contributed by atoms with E-state index in [2.05, 4.69) is 50.8 Å². The summed E-state index contributed by atoms with van der Waals surface area (Å²) in [5.41, 5.74) is 5.43. The van der Waals surface area contributed by atoms with Crippen LogP contribution in [0.25, 0.3) is 0 Å². The zero-order chi connectivity index (χ0) is 21.0. The minimum absolute atomic E-state index is 0.153. The normalized spacial score (nSPS) is 23.9. The molecule has 0 aliphatic carbocycles. The Morgan fingerprint density at radius 2 is 1.79 bits per heavy atom. The van der Waals surface area contributed by atoms with E-state index < -0.39 is 12.2 Å². The van der Waals surface area contributed by atoms with E-state index in [1.807, 2.05) is 11.8 Å². The van der Waals surface area contributed by atoms with Gasteiger partial charge in [-0.2, -0.15) is 0 Å². The first-order chi connectivity index (χ1) is 13.8. The molecule has 4 rings (SSSR count). The van der Waals surface area contributed by atoms with E-state index in [0.29, 0.717) is 6.54 Å². The van der Waals surface area contributed by atoms with Crippen molar-refractivity contribution in [1.82, 2.24) is 14.7 Å². The Morgan fingerprint density at radius 1 is 1.07 bits per heavy atom. The van der Waals surface area contributed by atoms with Crippen molar-refractivity contribution in [2.45, 2.75) is 59.7 Å². The van der Waals surface area contributed by atoms with Crippen LogP contribution < -0.4 is 4.90 Å². The fraction of sp³-hybridized carbons (Fsp3) is 0.500. The van der Waals surface area contributed by atoms with Crippen LogP contribution in [0.2, 0.25) is 0 Å². The van der Waals surface area contributed by atoms with E-state index in [-0.39, 0.29) is 11.9 Å². The van der Waals surface area contributed by atoms with Crippen LogP contribution in [0.4, 0.5) is 10.5 Å². The lowest BCUT2D eigenvalue weighted by Gasteiger charge is -2.40. The van der Waals surface area contributed by atoms with E-state index >= 15 is 0 Å². The highest BCUT2D eigenvalue weighted by molar-refractivity contribution is 6.10. The van der Waals surface area contributed by atoms with Gasteiger partial charge in [0.25, 0.3) is 5.91 Å². The average Bonchev–Trinajstić information content (AvgIpc) is 3.18. The van der Waals surface area contributed by atoms with Gasteiger partial charge in [0.1, 0.15) is 0 Å². The number of aryl methyl sites for hydroxylation is 2. The highest BCUT2D eigenvalue weighted by Gasteiger charge is 2.55. The Hall–Kier alpha value is -2.83. The van der Waals surface area contributed by atoms with Gasteiger partial charge in [0, 0.05) is 25.0 Å². The zero-order valence-electron chi connectivity index (χ0n) is 18.1. The smallest absolute Gasteiger partial charge is 0.302 e. The molecule has 0 bridgehead atoms. The number of rotatable bonds is 4. The van der Waals surface area contributed by atoms with Crippen molar-refractivity contribution in [1.29, 1.82) is 0 Å². The third-order valence-corrected chi connectivity index (χ3v) is 6.23. The Labute approximate surface area is 172 Å². The lowest BCUT2D eigenvalue weighted by molar-refractivity contribution is -0.136. The fourth-order valence-corrected chi connectivity index (χ4v) is 4.38. The van der Waals surface area contributed by atoms with Gasteiger partial charge in [0.15, 0.2) is 12.2 Å². The number of hydrogen-bond donors (Lipinski definition) is 0. The minimum atomic E-state index is -0.505. The summed E-state index contributed by atoms with van der Waals surface area (Å²) in [6.07, 6.45) is 1.23. The largest absolute Gasteiger partial charge is 0.328 e.